The molecule has 0 saturated carbocycles. The summed E-state index contributed by atoms with van der Waals surface area (Å²) >= 11 is 0. The van der Waals surface area contributed by atoms with Gasteiger partial charge in [-0.25, -0.2) is 0 Å². The summed E-state index contributed by atoms with van der Waals surface area (Å²) in [6, 6.07) is 0. The van der Waals surface area contributed by atoms with E-state index >= 15 is 0 Å². The topological polar surface area (TPSA) is 97.4 Å². The quantitative estimate of drug-likeness (QED) is 0.287. The first-order chi connectivity index (χ1) is 10.3. The van der Waals surface area contributed by atoms with E-state index in [-0.39, 0.29) is 13.2 Å². The summed E-state index contributed by atoms with van der Waals surface area (Å²) in [5.74, 6) is -1.81. The van der Waals surface area contributed by atoms with Gasteiger partial charge in [-0.15, -0.1) is 6.58 Å². The molecule has 1 aliphatic rings. The van der Waals surface area contributed by atoms with E-state index in [1.807, 2.05) is 0 Å². The van der Waals surface area contributed by atoms with Crippen molar-refractivity contribution in [3.05, 3.63) is 12.7 Å². The predicted octanol–water partition coefficient (Wildman–Crippen LogP) is 0.340. The second-order valence-electron chi connectivity index (χ2n) is 4.63. The second-order valence-corrected chi connectivity index (χ2v) is 4.63. The van der Waals surface area contributed by atoms with Crippen LogP contribution in [0.2, 0.25) is 0 Å². The number of ether oxygens (including phenoxy) is 5. The molecule has 124 valence electrons. The van der Waals surface area contributed by atoms with Crippen LogP contribution in [0.5, 0.6) is 0 Å². The van der Waals surface area contributed by atoms with Crippen molar-refractivity contribution in [3.8, 4) is 0 Å². The Hall–Kier alpha value is -1.93. The summed E-state index contributed by atoms with van der Waals surface area (Å²) in [7, 11) is 0. The number of esters is 3. The fourth-order valence-electron chi connectivity index (χ4n) is 2.00. The van der Waals surface area contributed by atoms with Gasteiger partial charge in [0.1, 0.15) is 6.10 Å². The van der Waals surface area contributed by atoms with Crippen molar-refractivity contribution in [1.29, 1.82) is 0 Å². The van der Waals surface area contributed by atoms with E-state index in [1.54, 1.807) is 6.08 Å². The Morgan fingerprint density at radius 3 is 2.05 bits per heavy atom. The van der Waals surface area contributed by atoms with E-state index < -0.39 is 42.5 Å². The molecule has 1 aliphatic heterocycles. The van der Waals surface area contributed by atoms with Gasteiger partial charge in [0.25, 0.3) is 0 Å². The van der Waals surface area contributed by atoms with Crippen LogP contribution in [0.25, 0.3) is 0 Å². The highest BCUT2D eigenvalue weighted by atomic mass is 16.7. The first-order valence-electron chi connectivity index (χ1n) is 6.71. The molecule has 22 heavy (non-hydrogen) atoms. The Morgan fingerprint density at radius 2 is 1.55 bits per heavy atom. The predicted molar refractivity (Wildman–Crippen MR) is 72.6 cm³/mol. The van der Waals surface area contributed by atoms with Gasteiger partial charge < -0.3 is 23.7 Å². The third kappa shape index (κ3) is 5.45. The van der Waals surface area contributed by atoms with E-state index in [0.29, 0.717) is 0 Å². The summed E-state index contributed by atoms with van der Waals surface area (Å²) in [6.45, 7) is 7.43. The molecule has 0 aliphatic carbocycles. The highest BCUT2D eigenvalue weighted by Crippen LogP contribution is 2.28. The Balaban J connectivity index is 2.89. The lowest BCUT2D eigenvalue weighted by Gasteiger charge is -2.22. The number of rotatable bonds is 7. The molecular formula is C14H20O8. The van der Waals surface area contributed by atoms with Crippen LogP contribution in [-0.2, 0) is 38.1 Å². The van der Waals surface area contributed by atoms with Crippen LogP contribution < -0.4 is 0 Å². The van der Waals surface area contributed by atoms with Gasteiger partial charge in [-0.3, -0.25) is 14.4 Å². The van der Waals surface area contributed by atoms with Gasteiger partial charge in [-0.1, -0.05) is 6.08 Å². The molecule has 0 aromatic carbocycles. The van der Waals surface area contributed by atoms with Gasteiger partial charge in [-0.05, 0) is 0 Å². The van der Waals surface area contributed by atoms with E-state index in [2.05, 4.69) is 6.58 Å². The highest BCUT2D eigenvalue weighted by molar-refractivity contribution is 5.68. The monoisotopic (exact) mass is 316 g/mol. The zero-order chi connectivity index (χ0) is 16.7. The molecule has 1 rings (SSSR count). The van der Waals surface area contributed by atoms with Crippen molar-refractivity contribution >= 4 is 17.9 Å². The van der Waals surface area contributed by atoms with Crippen molar-refractivity contribution in [1.82, 2.24) is 0 Å². The fraction of sp³-hybridized carbons (Fsp3) is 0.643. The summed E-state index contributed by atoms with van der Waals surface area (Å²) in [4.78, 5) is 33.6. The van der Waals surface area contributed by atoms with E-state index in [4.69, 9.17) is 23.7 Å². The van der Waals surface area contributed by atoms with Crippen LogP contribution >= 0.6 is 0 Å². The van der Waals surface area contributed by atoms with Crippen molar-refractivity contribution in [2.24, 2.45) is 0 Å². The Bertz CT molecular complexity index is 433. The normalized spacial score (nSPS) is 27.0. The molecule has 0 radical (unpaired) electrons. The van der Waals surface area contributed by atoms with Gasteiger partial charge in [0, 0.05) is 20.8 Å². The van der Waals surface area contributed by atoms with E-state index in [9.17, 15) is 14.4 Å². The molecule has 0 aromatic rings. The fourth-order valence-corrected chi connectivity index (χ4v) is 2.00. The Labute approximate surface area is 128 Å². The zero-order valence-electron chi connectivity index (χ0n) is 12.8. The van der Waals surface area contributed by atoms with Crippen molar-refractivity contribution in [3.63, 3.8) is 0 Å². The largest absolute Gasteiger partial charge is 0.455 e. The molecule has 0 amide bonds. The molecule has 1 saturated heterocycles. The number of hydrogen-bond donors (Lipinski definition) is 0. The number of carbonyl (C=O) groups excluding carboxylic acids is 3. The third-order valence-electron chi connectivity index (χ3n) is 2.67. The minimum atomic E-state index is -1.16. The second kappa shape index (κ2) is 8.50. The van der Waals surface area contributed by atoms with Gasteiger partial charge in [0.15, 0.2) is 6.10 Å². The average molecular weight is 316 g/mol. The van der Waals surface area contributed by atoms with Crippen LogP contribution in [0, 0.1) is 0 Å². The first-order valence-corrected chi connectivity index (χ1v) is 6.71. The molecule has 8 heteroatoms. The third-order valence-corrected chi connectivity index (χ3v) is 2.67. The average Bonchev–Trinajstić information content (AvgIpc) is 2.67. The van der Waals surface area contributed by atoms with Crippen molar-refractivity contribution < 1.29 is 38.1 Å². The molecule has 1 fully saturated rings. The van der Waals surface area contributed by atoms with Gasteiger partial charge >= 0.3 is 17.9 Å². The number of carbonyl (C=O) groups is 3. The van der Waals surface area contributed by atoms with Crippen molar-refractivity contribution in [2.45, 2.75) is 45.4 Å². The minimum Gasteiger partial charge on any atom is -0.455 e. The van der Waals surface area contributed by atoms with Crippen molar-refractivity contribution in [2.75, 3.05) is 13.2 Å². The zero-order valence-corrected chi connectivity index (χ0v) is 12.8. The molecule has 0 bridgehead atoms. The smallest absolute Gasteiger partial charge is 0.305 e. The Morgan fingerprint density at radius 1 is 1.00 bits per heavy atom. The Kier molecular flexibility index (Phi) is 7.00. The van der Waals surface area contributed by atoms with Crippen LogP contribution in [0.1, 0.15) is 20.8 Å². The summed E-state index contributed by atoms with van der Waals surface area (Å²) < 4.78 is 25.9. The molecule has 0 aromatic heterocycles. The van der Waals surface area contributed by atoms with Gasteiger partial charge in [0.2, 0.25) is 12.4 Å². The van der Waals surface area contributed by atoms with Gasteiger partial charge in [0.05, 0.1) is 13.2 Å². The molecule has 1 unspecified atom stereocenters. The van der Waals surface area contributed by atoms with Crippen LogP contribution in [0.15, 0.2) is 12.7 Å². The molecule has 8 nitrogen and oxygen atoms in total. The minimum absolute atomic E-state index is 0.0551. The first kappa shape index (κ1) is 18.1. The molecule has 0 N–H and O–H groups in total. The molecular weight excluding hydrogens is 296 g/mol. The van der Waals surface area contributed by atoms with Crippen LogP contribution in [0.3, 0.4) is 0 Å². The van der Waals surface area contributed by atoms with Gasteiger partial charge in [-0.2, -0.15) is 0 Å². The summed E-state index contributed by atoms with van der Waals surface area (Å²) in [6.07, 6.45) is -2.35. The number of hydrogen-bond acceptors (Lipinski definition) is 8. The lowest BCUT2D eigenvalue weighted by atomic mass is 10.1. The lowest BCUT2D eigenvalue weighted by molar-refractivity contribution is -0.196. The molecule has 1 heterocycles. The standard InChI is InChI=1S/C14H20O8/c1-5-6-18-7-11-12(19-8(2)15)13(20-9(3)16)14(22-11)21-10(4)17/h5,11-14H,1,6-7H2,2-4H3/t11-,12-,13-,14?/m1/s1. The maximum Gasteiger partial charge on any atom is 0.305 e. The highest BCUT2D eigenvalue weighted by Gasteiger charge is 2.51. The summed E-state index contributed by atoms with van der Waals surface area (Å²) in [5, 5.41) is 0. The lowest BCUT2D eigenvalue weighted by Crippen LogP contribution is -2.41. The molecule has 0 spiro atoms. The van der Waals surface area contributed by atoms with E-state index in [0.717, 1.165) is 0 Å². The SMILES string of the molecule is C=CCOC[C@H]1OC(OC(C)=O)[C@H](OC(C)=O)[C@@H]1OC(C)=O. The van der Waals surface area contributed by atoms with Crippen LogP contribution in [-0.4, -0.2) is 55.7 Å². The summed E-state index contributed by atoms with van der Waals surface area (Å²) in [5.41, 5.74) is 0. The maximum absolute atomic E-state index is 11.3. The maximum atomic E-state index is 11.3. The van der Waals surface area contributed by atoms with E-state index in [1.165, 1.54) is 20.8 Å². The van der Waals surface area contributed by atoms with Crippen LogP contribution in [0.4, 0.5) is 0 Å². The molecule has 4 atom stereocenters.